The van der Waals surface area contributed by atoms with Crippen LogP contribution in [0.4, 0.5) is 11.4 Å². The van der Waals surface area contributed by atoms with E-state index in [0.717, 1.165) is 15.6 Å². The summed E-state index contributed by atoms with van der Waals surface area (Å²) >= 11 is 3.42. The lowest BCUT2D eigenvalue weighted by atomic mass is 10.1. The first kappa shape index (κ1) is 22.2. The first-order chi connectivity index (χ1) is 14.8. The number of carbonyl (C=O) groups excluding carboxylic acids is 3. The highest BCUT2D eigenvalue weighted by Crippen LogP contribution is 2.26. The molecule has 6 nitrogen and oxygen atoms in total. The molecule has 0 radical (unpaired) electrons. The Morgan fingerprint density at radius 1 is 0.839 bits per heavy atom. The van der Waals surface area contributed by atoms with Gasteiger partial charge in [-0.2, -0.15) is 0 Å². The van der Waals surface area contributed by atoms with Crippen molar-refractivity contribution < 1.29 is 19.1 Å². The Morgan fingerprint density at radius 2 is 1.48 bits per heavy atom. The molecular weight excluding hydrogens is 460 g/mol. The van der Waals surface area contributed by atoms with Gasteiger partial charge in [0.1, 0.15) is 0 Å². The number of anilines is 2. The summed E-state index contributed by atoms with van der Waals surface area (Å²) in [4.78, 5) is 37.2. The molecule has 0 bridgehead atoms. The Bertz CT molecular complexity index is 1130. The Hall–Kier alpha value is -3.45. The van der Waals surface area contributed by atoms with Crippen molar-refractivity contribution in [2.45, 2.75) is 13.8 Å². The summed E-state index contributed by atoms with van der Waals surface area (Å²) in [5, 5.41) is 5.43. The number of benzene rings is 3. The van der Waals surface area contributed by atoms with E-state index in [1.54, 1.807) is 42.5 Å². The molecule has 31 heavy (non-hydrogen) atoms. The van der Waals surface area contributed by atoms with Crippen LogP contribution >= 0.6 is 15.9 Å². The molecule has 0 saturated carbocycles. The van der Waals surface area contributed by atoms with Gasteiger partial charge in [-0.1, -0.05) is 30.3 Å². The number of halogens is 1. The van der Waals surface area contributed by atoms with E-state index in [9.17, 15) is 14.4 Å². The van der Waals surface area contributed by atoms with E-state index in [4.69, 9.17) is 4.74 Å². The van der Waals surface area contributed by atoms with Gasteiger partial charge in [0.25, 0.3) is 11.8 Å². The van der Waals surface area contributed by atoms with Crippen LogP contribution in [0.1, 0.15) is 31.8 Å². The average Bonchev–Trinajstić information content (AvgIpc) is 2.76. The van der Waals surface area contributed by atoms with Crippen LogP contribution in [0.25, 0.3) is 0 Å². The Balaban J connectivity index is 1.64. The van der Waals surface area contributed by atoms with E-state index >= 15 is 0 Å². The Morgan fingerprint density at radius 3 is 2.23 bits per heavy atom. The number of hydrogen-bond acceptors (Lipinski definition) is 4. The largest absolute Gasteiger partial charge is 0.452 e. The second-order valence-corrected chi connectivity index (χ2v) is 7.76. The van der Waals surface area contributed by atoms with Gasteiger partial charge >= 0.3 is 5.97 Å². The number of amides is 2. The topological polar surface area (TPSA) is 84.5 Å². The van der Waals surface area contributed by atoms with Crippen molar-refractivity contribution in [3.63, 3.8) is 0 Å². The van der Waals surface area contributed by atoms with Crippen LogP contribution in [0.5, 0.6) is 0 Å². The highest BCUT2D eigenvalue weighted by Gasteiger charge is 2.17. The molecule has 3 aromatic carbocycles. The number of esters is 1. The molecule has 0 aliphatic carbocycles. The van der Waals surface area contributed by atoms with Gasteiger partial charge in [0.2, 0.25) is 0 Å². The normalized spacial score (nSPS) is 10.3. The zero-order chi connectivity index (χ0) is 22.4. The fraction of sp³-hybridized carbons (Fsp3) is 0.125. The minimum Gasteiger partial charge on any atom is -0.452 e. The molecule has 2 amide bonds. The molecule has 2 N–H and O–H groups in total. The quantitative estimate of drug-likeness (QED) is 0.479. The molecule has 0 saturated heterocycles. The summed E-state index contributed by atoms with van der Waals surface area (Å²) in [5.41, 5.74) is 3.64. The van der Waals surface area contributed by atoms with Crippen molar-refractivity contribution in [2.24, 2.45) is 0 Å². The summed E-state index contributed by atoms with van der Waals surface area (Å²) in [5.74, 6) is -1.53. The summed E-state index contributed by atoms with van der Waals surface area (Å²) in [6.45, 7) is 3.46. The molecule has 0 spiro atoms. The monoisotopic (exact) mass is 480 g/mol. The van der Waals surface area contributed by atoms with Gasteiger partial charge in [-0.3, -0.25) is 9.59 Å². The molecule has 3 rings (SSSR count). The molecule has 3 aromatic rings. The summed E-state index contributed by atoms with van der Waals surface area (Å²) in [6.07, 6.45) is 0. The third-order valence-electron chi connectivity index (χ3n) is 4.62. The van der Waals surface area contributed by atoms with E-state index in [2.05, 4.69) is 26.6 Å². The number of nitrogens with one attached hydrogen (secondary N) is 2. The highest BCUT2D eigenvalue weighted by atomic mass is 79.9. The van der Waals surface area contributed by atoms with Crippen molar-refractivity contribution in [1.29, 1.82) is 0 Å². The minimum atomic E-state index is -0.710. The van der Waals surface area contributed by atoms with Crippen LogP contribution in [0, 0.1) is 13.8 Å². The molecule has 0 fully saturated rings. The predicted octanol–water partition coefficient (Wildman–Crippen LogP) is 5.11. The van der Waals surface area contributed by atoms with E-state index in [0.29, 0.717) is 16.9 Å². The fourth-order valence-corrected chi connectivity index (χ4v) is 3.38. The maximum Gasteiger partial charge on any atom is 0.340 e. The Kier molecular flexibility index (Phi) is 7.20. The van der Waals surface area contributed by atoms with Crippen LogP contribution in [-0.4, -0.2) is 24.4 Å². The van der Waals surface area contributed by atoms with Crippen molar-refractivity contribution in [3.05, 3.63) is 93.5 Å². The van der Waals surface area contributed by atoms with Gasteiger partial charge in [-0.25, -0.2) is 4.79 Å². The SMILES string of the molecule is Cc1cc(Br)c(NC(=O)COC(=O)c2ccccc2NC(=O)c2ccccc2)cc1C. The van der Waals surface area contributed by atoms with E-state index < -0.39 is 18.5 Å². The van der Waals surface area contributed by atoms with Crippen molar-refractivity contribution in [1.82, 2.24) is 0 Å². The fourth-order valence-electron chi connectivity index (χ4n) is 2.83. The Labute approximate surface area is 188 Å². The maximum absolute atomic E-state index is 12.5. The first-order valence-corrected chi connectivity index (χ1v) is 10.3. The average molecular weight is 481 g/mol. The molecule has 7 heteroatoms. The summed E-state index contributed by atoms with van der Waals surface area (Å²) in [7, 11) is 0. The van der Waals surface area contributed by atoms with Gasteiger partial charge < -0.3 is 15.4 Å². The lowest BCUT2D eigenvalue weighted by Crippen LogP contribution is -2.22. The van der Waals surface area contributed by atoms with E-state index in [-0.39, 0.29) is 11.5 Å². The number of carbonyl (C=O) groups is 3. The zero-order valence-corrected chi connectivity index (χ0v) is 18.7. The number of hydrogen-bond donors (Lipinski definition) is 2. The van der Waals surface area contributed by atoms with Gasteiger partial charge in [-0.15, -0.1) is 0 Å². The third-order valence-corrected chi connectivity index (χ3v) is 5.28. The van der Waals surface area contributed by atoms with Gasteiger partial charge in [0, 0.05) is 10.0 Å². The lowest BCUT2D eigenvalue weighted by molar-refractivity contribution is -0.119. The van der Waals surface area contributed by atoms with Gasteiger partial charge in [0.15, 0.2) is 6.61 Å². The number of para-hydroxylation sites is 1. The third kappa shape index (κ3) is 5.79. The molecule has 0 aliphatic heterocycles. The van der Waals surface area contributed by atoms with Crippen LogP contribution in [-0.2, 0) is 9.53 Å². The standard InChI is InChI=1S/C24H21BrN2O4/c1-15-12-19(25)21(13-16(15)2)26-22(28)14-31-24(30)18-10-6-7-11-20(18)27-23(29)17-8-4-3-5-9-17/h3-13H,14H2,1-2H3,(H,26,28)(H,27,29). The second kappa shape index (κ2) is 10.0. The molecule has 158 valence electrons. The van der Waals surface area contributed by atoms with Crippen LogP contribution in [0.15, 0.2) is 71.2 Å². The summed E-state index contributed by atoms with van der Waals surface area (Å²) in [6, 6.07) is 18.9. The molecular formula is C24H21BrN2O4. The van der Waals surface area contributed by atoms with Crippen LogP contribution in [0.3, 0.4) is 0 Å². The molecule has 0 heterocycles. The predicted molar refractivity (Wildman–Crippen MR) is 123 cm³/mol. The molecule has 0 aromatic heterocycles. The van der Waals surface area contributed by atoms with Crippen molar-refractivity contribution in [3.8, 4) is 0 Å². The number of ether oxygens (including phenoxy) is 1. The van der Waals surface area contributed by atoms with Crippen molar-refractivity contribution in [2.75, 3.05) is 17.2 Å². The number of rotatable bonds is 6. The lowest BCUT2D eigenvalue weighted by Gasteiger charge is -2.12. The van der Waals surface area contributed by atoms with E-state index in [1.165, 1.54) is 6.07 Å². The highest BCUT2D eigenvalue weighted by molar-refractivity contribution is 9.10. The van der Waals surface area contributed by atoms with Gasteiger partial charge in [0.05, 0.1) is 16.9 Å². The number of aryl methyl sites for hydroxylation is 2. The first-order valence-electron chi connectivity index (χ1n) is 9.54. The van der Waals surface area contributed by atoms with Gasteiger partial charge in [-0.05, 0) is 77.3 Å². The zero-order valence-electron chi connectivity index (χ0n) is 17.1. The van der Waals surface area contributed by atoms with Crippen molar-refractivity contribution >= 4 is 45.1 Å². The minimum absolute atomic E-state index is 0.159. The molecule has 0 aliphatic rings. The smallest absolute Gasteiger partial charge is 0.340 e. The maximum atomic E-state index is 12.5. The molecule has 0 atom stereocenters. The van der Waals surface area contributed by atoms with Crippen LogP contribution < -0.4 is 10.6 Å². The molecule has 0 unspecified atom stereocenters. The van der Waals surface area contributed by atoms with E-state index in [1.807, 2.05) is 32.0 Å². The van der Waals surface area contributed by atoms with Crippen LogP contribution in [0.2, 0.25) is 0 Å². The summed E-state index contributed by atoms with van der Waals surface area (Å²) < 4.78 is 5.91. The second-order valence-electron chi connectivity index (χ2n) is 6.91.